The topological polar surface area (TPSA) is 81.7 Å². The lowest BCUT2D eigenvalue weighted by Gasteiger charge is -1.93. The van der Waals surface area contributed by atoms with E-state index >= 15 is 0 Å². The van der Waals surface area contributed by atoms with Crippen molar-refractivity contribution in [3.8, 4) is 0 Å². The van der Waals surface area contributed by atoms with Gasteiger partial charge in [0.2, 0.25) is 11.1 Å². The molecule has 0 saturated carbocycles. The molecule has 0 aliphatic rings. The van der Waals surface area contributed by atoms with E-state index in [1.807, 2.05) is 13.2 Å². The smallest absolute Gasteiger partial charge is 0.233 e. The second-order valence-electron chi connectivity index (χ2n) is 2.49. The zero-order valence-electron chi connectivity index (χ0n) is 6.93. The summed E-state index contributed by atoms with van der Waals surface area (Å²) in [5, 5.41) is 7.70. The predicted molar refractivity (Wildman–Crippen MR) is 50.8 cm³/mol. The molecule has 2 heterocycles. The molecule has 3 N–H and O–H groups in total. The number of nitrogens with one attached hydrogen (secondary N) is 1. The molecule has 0 saturated heterocycles. The summed E-state index contributed by atoms with van der Waals surface area (Å²) in [4.78, 5) is 3.95. The molecule has 7 heteroatoms. The third-order valence-electron chi connectivity index (χ3n) is 1.40. The number of nitrogens with zero attached hydrogens (tertiary/aromatic N) is 4. The number of nitrogen functional groups attached to an aromatic ring is 1. The molecule has 13 heavy (non-hydrogen) atoms. The summed E-state index contributed by atoms with van der Waals surface area (Å²) < 4.78 is 5.54. The molecule has 2 aromatic rings. The van der Waals surface area contributed by atoms with Gasteiger partial charge in [0.15, 0.2) is 0 Å². The first-order chi connectivity index (χ1) is 6.24. The number of hydrogen-bond acceptors (Lipinski definition) is 6. The average molecular weight is 196 g/mol. The quantitative estimate of drug-likeness (QED) is 0.735. The van der Waals surface area contributed by atoms with Gasteiger partial charge in [-0.3, -0.25) is 4.68 Å². The normalized spacial score (nSPS) is 10.2. The highest BCUT2D eigenvalue weighted by Crippen LogP contribution is 2.17. The van der Waals surface area contributed by atoms with Gasteiger partial charge in [0, 0.05) is 24.8 Å². The minimum atomic E-state index is 0.288. The minimum absolute atomic E-state index is 0.288. The van der Waals surface area contributed by atoms with Crippen LogP contribution in [0.1, 0.15) is 0 Å². The van der Waals surface area contributed by atoms with Crippen LogP contribution in [0.15, 0.2) is 12.4 Å². The summed E-state index contributed by atoms with van der Waals surface area (Å²) in [5.74, 6) is 0.288. The van der Waals surface area contributed by atoms with Crippen molar-refractivity contribution < 1.29 is 0 Å². The van der Waals surface area contributed by atoms with Crippen LogP contribution in [0.4, 0.5) is 16.8 Å². The highest BCUT2D eigenvalue weighted by Gasteiger charge is 2.01. The Hall–Kier alpha value is -1.63. The molecule has 0 atom stereocenters. The summed E-state index contributed by atoms with van der Waals surface area (Å²) in [6.07, 6.45) is 3.55. The number of anilines is 3. The fourth-order valence-electron chi connectivity index (χ4n) is 0.895. The Morgan fingerprint density at radius 3 is 3.00 bits per heavy atom. The molecule has 0 amide bonds. The van der Waals surface area contributed by atoms with Crippen LogP contribution in [0, 0.1) is 0 Å². The number of aromatic nitrogens is 4. The first kappa shape index (κ1) is 7.99. The molecule has 6 nitrogen and oxygen atoms in total. The number of hydrogen-bond donors (Lipinski definition) is 2. The van der Waals surface area contributed by atoms with E-state index in [1.54, 1.807) is 10.9 Å². The summed E-state index contributed by atoms with van der Waals surface area (Å²) >= 11 is 1.22. The Morgan fingerprint density at radius 2 is 2.46 bits per heavy atom. The van der Waals surface area contributed by atoms with Crippen molar-refractivity contribution in [3.63, 3.8) is 0 Å². The molecule has 0 radical (unpaired) electrons. The summed E-state index contributed by atoms with van der Waals surface area (Å²) in [6, 6.07) is 0. The maximum atomic E-state index is 5.36. The van der Waals surface area contributed by atoms with E-state index in [0.717, 1.165) is 5.69 Å². The zero-order valence-corrected chi connectivity index (χ0v) is 7.75. The van der Waals surface area contributed by atoms with Crippen LogP contribution in [0.3, 0.4) is 0 Å². The molecule has 0 unspecified atom stereocenters. The maximum Gasteiger partial charge on any atom is 0.233 e. The monoisotopic (exact) mass is 196 g/mol. The van der Waals surface area contributed by atoms with Crippen molar-refractivity contribution in [3.05, 3.63) is 12.4 Å². The van der Waals surface area contributed by atoms with Gasteiger partial charge in [-0.05, 0) is 0 Å². The molecule has 0 aliphatic carbocycles. The van der Waals surface area contributed by atoms with Gasteiger partial charge in [-0.1, -0.05) is 0 Å². The largest absolute Gasteiger partial charge is 0.367 e. The Balaban J connectivity index is 2.14. The van der Waals surface area contributed by atoms with Crippen molar-refractivity contribution >= 4 is 28.3 Å². The van der Waals surface area contributed by atoms with Gasteiger partial charge in [0.25, 0.3) is 0 Å². The third-order valence-corrected chi connectivity index (χ3v) is 2.04. The van der Waals surface area contributed by atoms with Crippen molar-refractivity contribution in [1.29, 1.82) is 0 Å². The molecule has 0 aliphatic heterocycles. The van der Waals surface area contributed by atoms with Gasteiger partial charge in [0.1, 0.15) is 0 Å². The van der Waals surface area contributed by atoms with Crippen LogP contribution in [-0.2, 0) is 7.05 Å². The van der Waals surface area contributed by atoms with Crippen LogP contribution in [0.5, 0.6) is 0 Å². The molecular weight excluding hydrogens is 188 g/mol. The fourth-order valence-corrected chi connectivity index (χ4v) is 1.41. The van der Waals surface area contributed by atoms with E-state index in [2.05, 4.69) is 19.8 Å². The molecular formula is C6H8N6S. The number of rotatable bonds is 2. The van der Waals surface area contributed by atoms with E-state index in [1.165, 1.54) is 11.5 Å². The van der Waals surface area contributed by atoms with Crippen LogP contribution >= 0.6 is 11.5 Å². The van der Waals surface area contributed by atoms with E-state index in [4.69, 9.17) is 5.73 Å². The molecule has 0 fully saturated rings. The van der Waals surface area contributed by atoms with Crippen molar-refractivity contribution in [2.45, 2.75) is 0 Å². The van der Waals surface area contributed by atoms with Gasteiger partial charge < -0.3 is 11.1 Å². The van der Waals surface area contributed by atoms with Gasteiger partial charge in [-0.25, -0.2) is 0 Å². The Bertz CT molecular complexity index is 366. The van der Waals surface area contributed by atoms with Gasteiger partial charge in [-0.2, -0.15) is 14.5 Å². The van der Waals surface area contributed by atoms with Crippen LogP contribution < -0.4 is 11.1 Å². The highest BCUT2D eigenvalue weighted by atomic mass is 32.1. The second kappa shape index (κ2) is 3.02. The van der Waals surface area contributed by atoms with Gasteiger partial charge >= 0.3 is 0 Å². The van der Waals surface area contributed by atoms with Gasteiger partial charge in [0.05, 0.1) is 11.9 Å². The summed E-state index contributed by atoms with van der Waals surface area (Å²) in [6.45, 7) is 0. The molecule has 0 bridgehead atoms. The van der Waals surface area contributed by atoms with E-state index in [0.29, 0.717) is 5.13 Å². The zero-order chi connectivity index (χ0) is 9.26. The lowest BCUT2D eigenvalue weighted by atomic mass is 10.6. The van der Waals surface area contributed by atoms with Crippen molar-refractivity contribution in [2.75, 3.05) is 11.1 Å². The van der Waals surface area contributed by atoms with E-state index < -0.39 is 0 Å². The molecule has 2 aromatic heterocycles. The fraction of sp³-hybridized carbons (Fsp3) is 0.167. The van der Waals surface area contributed by atoms with Crippen LogP contribution in [0.2, 0.25) is 0 Å². The van der Waals surface area contributed by atoms with E-state index in [-0.39, 0.29) is 5.95 Å². The molecule has 0 spiro atoms. The van der Waals surface area contributed by atoms with Crippen LogP contribution in [0.25, 0.3) is 0 Å². The number of nitrogens with two attached hydrogens (primary N) is 1. The average Bonchev–Trinajstić information content (AvgIpc) is 2.62. The molecule has 2 rings (SSSR count). The summed E-state index contributed by atoms with van der Waals surface area (Å²) in [7, 11) is 1.85. The van der Waals surface area contributed by atoms with E-state index in [9.17, 15) is 0 Å². The first-order valence-corrected chi connectivity index (χ1v) is 4.36. The van der Waals surface area contributed by atoms with Crippen molar-refractivity contribution in [2.24, 2.45) is 7.05 Å². The third kappa shape index (κ3) is 1.75. The maximum absolute atomic E-state index is 5.36. The summed E-state index contributed by atoms with van der Waals surface area (Å²) in [5.41, 5.74) is 6.24. The highest BCUT2D eigenvalue weighted by molar-refractivity contribution is 7.10. The predicted octanol–water partition coefficient (Wildman–Crippen LogP) is 0.597. The lowest BCUT2D eigenvalue weighted by Crippen LogP contribution is -1.90. The first-order valence-electron chi connectivity index (χ1n) is 3.59. The Kier molecular flexibility index (Phi) is 1.85. The van der Waals surface area contributed by atoms with Crippen molar-refractivity contribution in [1.82, 2.24) is 19.1 Å². The standard InChI is InChI=1S/C6H8N6S/c1-12-3-4(2-8-12)9-6-10-5(7)11-13-6/h2-3H,1H3,(H3,7,9,10,11). The SMILES string of the molecule is Cn1cc(Nc2nc(N)ns2)cn1. The van der Waals surface area contributed by atoms with Crippen LogP contribution in [-0.4, -0.2) is 19.1 Å². The number of aryl methyl sites for hydroxylation is 1. The molecule has 68 valence electrons. The second-order valence-corrected chi connectivity index (χ2v) is 3.24. The Labute approximate surface area is 78.6 Å². The Morgan fingerprint density at radius 1 is 1.62 bits per heavy atom. The molecule has 0 aromatic carbocycles. The minimum Gasteiger partial charge on any atom is -0.367 e. The lowest BCUT2D eigenvalue weighted by molar-refractivity contribution is 0.768. The van der Waals surface area contributed by atoms with Gasteiger partial charge in [-0.15, -0.1) is 0 Å².